The summed E-state index contributed by atoms with van der Waals surface area (Å²) in [5, 5.41) is 206. The molecule has 26 N–H and O–H groups in total. The average molecular weight is 1900 g/mol. The number of rotatable bonds is 37. The predicted octanol–water partition coefficient (Wildman–Crippen LogP) is -18.4. The fourth-order valence-corrected chi connectivity index (χ4v) is 14.7. The van der Waals surface area contributed by atoms with Gasteiger partial charge in [0.25, 0.3) is 0 Å². The average Bonchev–Trinajstić information content (AvgIpc) is 0.770. The molecule has 0 aromatic rings. The van der Waals surface area contributed by atoms with Crippen LogP contribution in [0.1, 0.15) is 27.7 Å². The van der Waals surface area contributed by atoms with E-state index in [0.717, 1.165) is 20.8 Å². The first-order valence-corrected chi connectivity index (χ1v) is 40.7. The molecule has 68 heteroatoms. The first-order valence-electron chi connectivity index (χ1n) is 35.2. The van der Waals surface area contributed by atoms with Crippen LogP contribution < -0.4 is 21.3 Å². The van der Waals surface area contributed by atoms with Gasteiger partial charge in [0.1, 0.15) is 146 Å². The number of carbonyl (C=O) groups is 8. The van der Waals surface area contributed by atoms with E-state index >= 15 is 0 Å². The molecule has 0 unspecified atom stereocenters. The minimum absolute atomic E-state index is 0.699. The lowest BCUT2D eigenvalue weighted by Gasteiger charge is -2.48. The normalized spacial score (nSPS) is 42.0. The number of aliphatic hydroxyl groups excluding tert-OH is 14. The highest BCUT2D eigenvalue weighted by Gasteiger charge is 2.62. The van der Waals surface area contributed by atoms with Gasteiger partial charge in [-0.3, -0.25) is 37.4 Å². The molecule has 0 bridgehead atoms. The van der Waals surface area contributed by atoms with Crippen molar-refractivity contribution in [2.45, 2.75) is 273 Å². The van der Waals surface area contributed by atoms with Crippen LogP contribution in [0.3, 0.4) is 0 Å². The quantitative estimate of drug-likeness (QED) is 0.0156. The van der Waals surface area contributed by atoms with Gasteiger partial charge in [0.05, 0.1) is 26.4 Å². The van der Waals surface area contributed by atoms with Gasteiger partial charge < -0.3 is 170 Å². The van der Waals surface area contributed by atoms with Gasteiger partial charge in [-0.1, -0.05) is 0 Å². The monoisotopic (exact) mass is 1900 g/mol. The van der Waals surface area contributed by atoms with E-state index in [1.807, 2.05) is 0 Å². The van der Waals surface area contributed by atoms with Crippen LogP contribution in [0.25, 0.3) is 0 Å². The van der Waals surface area contributed by atoms with E-state index in [1.165, 1.54) is 0 Å². The summed E-state index contributed by atoms with van der Waals surface area (Å²) in [6.45, 7) is -2.76. The Morgan fingerprint density at radius 2 is 0.556 bits per heavy atom. The second-order valence-electron chi connectivity index (χ2n) is 27.7. The van der Waals surface area contributed by atoms with Crippen LogP contribution in [0.2, 0.25) is 0 Å². The van der Waals surface area contributed by atoms with Gasteiger partial charge in [-0.15, -0.1) is 0 Å². The second kappa shape index (κ2) is 42.7. The number of carboxylic acids is 4. The van der Waals surface area contributed by atoms with Gasteiger partial charge in [0, 0.05) is 27.7 Å². The molecular formula is C56H86N4O60S4. The van der Waals surface area contributed by atoms with Gasteiger partial charge in [-0.25, -0.2) is 65.2 Å². The first kappa shape index (κ1) is 103. The molecule has 0 aliphatic carbocycles. The number of aliphatic carboxylic acids is 4. The van der Waals surface area contributed by atoms with Crippen LogP contribution in [0.4, 0.5) is 0 Å². The van der Waals surface area contributed by atoms with Crippen molar-refractivity contribution in [3.63, 3.8) is 0 Å². The van der Waals surface area contributed by atoms with Crippen molar-refractivity contribution >= 4 is 89.1 Å². The lowest BCUT2D eigenvalue weighted by Crippen LogP contribution is -2.70. The topological polar surface area (TPSA) is 969 Å². The molecule has 40 atom stereocenters. The highest BCUT2D eigenvalue weighted by Crippen LogP contribution is 2.39. The third-order valence-corrected chi connectivity index (χ3v) is 20.6. The number of amides is 4. The van der Waals surface area contributed by atoms with Crippen LogP contribution in [0.5, 0.6) is 0 Å². The minimum atomic E-state index is -6.08. The lowest BCUT2D eigenvalue weighted by molar-refractivity contribution is -0.466. The zero-order chi connectivity index (χ0) is 92.9. The Morgan fingerprint density at radius 1 is 0.282 bits per heavy atom. The molecule has 0 aromatic carbocycles. The van der Waals surface area contributed by atoms with Gasteiger partial charge in [0.2, 0.25) is 42.5 Å². The van der Waals surface area contributed by atoms with Crippen LogP contribution in [0, 0.1) is 0 Å². The van der Waals surface area contributed by atoms with E-state index in [1.54, 1.807) is 0 Å². The molecule has 4 amide bonds. The molecule has 64 nitrogen and oxygen atoms in total. The molecule has 0 aromatic heterocycles. The molecule has 124 heavy (non-hydrogen) atoms. The zero-order valence-corrected chi connectivity index (χ0v) is 66.2. The van der Waals surface area contributed by atoms with E-state index in [0.29, 0.717) is 6.92 Å². The Labute approximate surface area is 692 Å². The smallest absolute Gasteiger partial charge is 0.397 e. The lowest BCUT2D eigenvalue weighted by atomic mass is 9.95. The van der Waals surface area contributed by atoms with Gasteiger partial charge in [-0.2, -0.15) is 33.7 Å². The van der Waals surface area contributed by atoms with Crippen molar-refractivity contribution in [2.75, 3.05) is 26.4 Å². The molecule has 0 radical (unpaired) electrons. The summed E-state index contributed by atoms with van der Waals surface area (Å²) in [4.78, 5) is 133. The molecule has 0 spiro atoms. The van der Waals surface area contributed by atoms with Gasteiger partial charge in [0.15, 0.2) is 80.3 Å². The molecule has 8 fully saturated rings. The molecule has 8 aliphatic rings. The number of hydrogen-bond acceptors (Lipinski definition) is 52. The summed E-state index contributed by atoms with van der Waals surface area (Å²) < 4.78 is 216. The molecular weight excluding hydrogens is 1820 g/mol. The summed E-state index contributed by atoms with van der Waals surface area (Å²) in [7, 11) is -22.5. The molecule has 8 heterocycles. The van der Waals surface area contributed by atoms with Crippen LogP contribution in [-0.2, 0) is 183 Å². The van der Waals surface area contributed by atoms with E-state index in [9.17, 15) is 178 Å². The Hall–Kier alpha value is -6.04. The third-order valence-electron chi connectivity index (χ3n) is 18.9. The number of carbonyl (C=O) groups excluding carboxylic acids is 4. The Balaban J connectivity index is 1.03. The molecule has 8 aliphatic heterocycles. The van der Waals surface area contributed by atoms with Crippen molar-refractivity contribution in [2.24, 2.45) is 0 Å². The summed E-state index contributed by atoms with van der Waals surface area (Å²) in [6, 6.07) is -8.91. The molecule has 0 saturated carbocycles. The Morgan fingerprint density at radius 3 is 0.871 bits per heavy atom. The molecule has 8 saturated heterocycles. The van der Waals surface area contributed by atoms with Crippen molar-refractivity contribution in [1.82, 2.24) is 21.3 Å². The fourth-order valence-electron chi connectivity index (χ4n) is 13.3. The van der Waals surface area contributed by atoms with Crippen molar-refractivity contribution in [3.05, 3.63) is 0 Å². The summed E-state index contributed by atoms with van der Waals surface area (Å²) in [5.41, 5.74) is 0. The number of nitrogens with one attached hydrogen (secondary N) is 4. The van der Waals surface area contributed by atoms with Gasteiger partial charge in [-0.05, 0) is 0 Å². The maximum Gasteiger partial charge on any atom is 0.397 e. The zero-order valence-electron chi connectivity index (χ0n) is 62.9. The Bertz CT molecular complexity index is 4160. The van der Waals surface area contributed by atoms with Crippen LogP contribution >= 0.6 is 0 Å². The number of aliphatic hydroxyl groups is 14. The number of carboxylic acid groups (broad SMARTS) is 4. The molecule has 8 rings (SSSR count). The van der Waals surface area contributed by atoms with E-state index in [-0.39, 0.29) is 0 Å². The molecule has 714 valence electrons. The third kappa shape index (κ3) is 26.2. The summed E-state index contributed by atoms with van der Waals surface area (Å²) in [5.74, 6) is -13.4. The largest absolute Gasteiger partial charge is 0.479 e. The number of ether oxygens (including phenoxy) is 12. The van der Waals surface area contributed by atoms with Gasteiger partial charge >= 0.3 is 65.5 Å². The van der Waals surface area contributed by atoms with E-state index < -0.39 is 361 Å². The maximum atomic E-state index is 13.2. The SMILES string of the molecule is CC(=O)N[C@@H]1[C@@H](O[C@@H]2O[C@H](C(=O)O)[C@@H](OO[C@H]3O[C@H](COS(=O)(=O)O)[C@H](O)[C@H](O[C@@H]4O[C@H](C(=O)O)[C@@H](OO[C@H]5O[C@H](CO)[C@H](O)[C@H](O[C@@H]6O[C@H](C(=O)O)[C@@H](OO[C@H]7O[C@H](COS(=O)(=O)O)[C@H](O)[C@H](O[C@@H]8O[C@H](C(=O)O)[C@@H](O)[C@H](O)[C@H]8O)[C@H]7NC(C)=O)[C@H](O)[C@H]6OS(=O)(=O)O)[C@H]5NC(C)=O)[C@H](O)[C@H]4O)[C@H]3NC(C)=O)[C@H](O)[C@H]2O)[C@@H](O)[C@@H](COS(=O)(=O)O)O[C@@H]1O. The van der Waals surface area contributed by atoms with Crippen molar-refractivity contribution < 1.29 is 285 Å². The predicted molar refractivity (Wildman–Crippen MR) is 358 cm³/mol. The Kier molecular flexibility index (Phi) is 35.6. The van der Waals surface area contributed by atoms with E-state index in [4.69, 9.17) is 90.7 Å². The highest BCUT2D eigenvalue weighted by atomic mass is 32.3. The van der Waals surface area contributed by atoms with Crippen LogP contribution in [-0.4, -0.2) is 463 Å². The number of hydrogen-bond donors (Lipinski definition) is 26. The standard InChI is InChI=1S/C56H86N4O60S4/c1-9(62)57-17-33(22(67)14(102-49(17)86)6-99-121(87,88)89)106-54-30(75)27(72)38(42(111-54)46(80)81)115-118-51-20(60-12(4)65)36(24(69)16(104-51)8-101-123(93,94)95)108-55-31(76)28(73)37(43(112-55)47(82)83)114-117-50-18(58-10(2)63)34(21(66)13(5-61)103-50)109-56-41(120-124(96,97)98)32(77)39(44(113-56)48(84)85)116-119-52-19(59-11(3)64)35(23(68)15(105-52)7-100-122(90,91)92)107-53-29(74)25(70)26(71)40(110-53)45(78)79/h13-44,49-56,61,66-77,86H,5-8H2,1-4H3,(H,57,62)(H,58,63)(H,59,64)(H,60,65)(H,78,79)(H,80,81)(H,82,83)(H,84,85)(H,87,88,89)(H,90,91,92)(H,93,94,95)(H,96,97,98)/t13-,14-,15-,16-,17-,18-,19-,20-,21+,22+,23+,24+,25+,26+,27-,28-,29-,30-,31-,32+,33-,34-,35-,36-,37+,38+,39+,40+,41-,42+,43+,44+,49+,50-,51-,52-,53-,54-,55-,56-/m1/s1. The van der Waals surface area contributed by atoms with Crippen molar-refractivity contribution in [1.29, 1.82) is 0 Å². The maximum absolute atomic E-state index is 13.2. The fraction of sp³-hybridized carbons (Fsp3) is 0.857. The summed E-state index contributed by atoms with van der Waals surface area (Å²) >= 11 is 0. The van der Waals surface area contributed by atoms with Crippen LogP contribution in [0.15, 0.2) is 0 Å². The highest BCUT2D eigenvalue weighted by molar-refractivity contribution is 7.81. The minimum Gasteiger partial charge on any atom is -0.479 e. The van der Waals surface area contributed by atoms with Crippen molar-refractivity contribution in [3.8, 4) is 0 Å². The van der Waals surface area contributed by atoms with E-state index in [2.05, 4.69) is 38.0 Å². The first-order chi connectivity index (χ1) is 57.4. The second-order valence-corrected chi connectivity index (χ2v) is 32.0. The summed E-state index contributed by atoms with van der Waals surface area (Å²) in [6.07, 6.45) is -92.8.